The minimum Gasteiger partial charge on any atom is -0.384 e. The van der Waals surface area contributed by atoms with Crippen molar-refractivity contribution in [2.75, 3.05) is 26.3 Å². The molecule has 1 saturated heterocycles. The average molecular weight is 260 g/mol. The van der Waals surface area contributed by atoms with Gasteiger partial charge in [-0.15, -0.1) is 0 Å². The normalized spacial score (nSPS) is 18.6. The number of amides is 1. The number of aliphatic hydroxyl groups is 1. The van der Waals surface area contributed by atoms with Crippen LogP contribution in [-0.4, -0.2) is 53.3 Å². The number of carbonyl (C=O) groups is 1. The number of morpholine rings is 1. The van der Waals surface area contributed by atoms with Crippen molar-refractivity contribution < 1.29 is 14.6 Å². The van der Waals surface area contributed by atoms with E-state index >= 15 is 0 Å². The van der Waals surface area contributed by atoms with Crippen LogP contribution in [0.4, 0.5) is 0 Å². The molecule has 2 rings (SSSR count). The Morgan fingerprint density at radius 3 is 3.21 bits per heavy atom. The van der Waals surface area contributed by atoms with Crippen molar-refractivity contribution in [2.24, 2.45) is 0 Å². The zero-order chi connectivity index (χ0) is 13.7. The molecule has 0 aliphatic carbocycles. The predicted octanol–water partition coefficient (Wildman–Crippen LogP) is 0.286. The lowest BCUT2D eigenvalue weighted by Crippen LogP contribution is -2.44. The van der Waals surface area contributed by atoms with Gasteiger partial charge in [0.2, 0.25) is 0 Å². The molecule has 1 aliphatic heterocycles. The summed E-state index contributed by atoms with van der Waals surface area (Å²) in [6.07, 6.45) is 3.16. The lowest BCUT2D eigenvalue weighted by molar-refractivity contribution is -0.0124. The lowest BCUT2D eigenvalue weighted by Gasteiger charge is -2.31. The molecule has 19 heavy (non-hydrogen) atoms. The van der Waals surface area contributed by atoms with E-state index in [1.54, 1.807) is 17.2 Å². The zero-order valence-corrected chi connectivity index (χ0v) is 10.8. The van der Waals surface area contributed by atoms with Gasteiger partial charge in [0.05, 0.1) is 18.3 Å². The van der Waals surface area contributed by atoms with Crippen molar-refractivity contribution in [3.8, 4) is 11.8 Å². The summed E-state index contributed by atoms with van der Waals surface area (Å²) in [6, 6.07) is 1.69. The summed E-state index contributed by atoms with van der Waals surface area (Å²) in [6.45, 7) is 3.48. The topological polar surface area (TPSA) is 62.7 Å². The highest BCUT2D eigenvalue weighted by molar-refractivity contribution is 5.94. The second kappa shape index (κ2) is 6.32. The molecular weight excluding hydrogens is 244 g/mol. The van der Waals surface area contributed by atoms with Gasteiger partial charge in [-0.2, -0.15) is 0 Å². The fraction of sp³-hybridized carbons (Fsp3) is 0.429. The standard InChI is InChI=1S/C14H16N2O3/c1-11-10-16(4-6-19-11)14(18)13-7-12(3-2-5-17)8-15-9-13/h7-9,11,17H,4-6,10H2,1H3. The first-order chi connectivity index (χ1) is 9.20. The third kappa shape index (κ3) is 3.53. The highest BCUT2D eigenvalue weighted by Gasteiger charge is 2.22. The van der Waals surface area contributed by atoms with Crippen LogP contribution < -0.4 is 0 Å². The van der Waals surface area contributed by atoms with Crippen LogP contribution in [0.3, 0.4) is 0 Å². The smallest absolute Gasteiger partial charge is 0.255 e. The van der Waals surface area contributed by atoms with Crippen LogP contribution in [-0.2, 0) is 4.74 Å². The van der Waals surface area contributed by atoms with Gasteiger partial charge in [0.15, 0.2) is 0 Å². The van der Waals surface area contributed by atoms with Crippen LogP contribution in [0, 0.1) is 11.8 Å². The van der Waals surface area contributed by atoms with Crippen molar-refractivity contribution in [2.45, 2.75) is 13.0 Å². The molecular formula is C14H16N2O3. The number of nitrogens with zero attached hydrogens (tertiary/aromatic N) is 2. The Bertz CT molecular complexity index is 519. The predicted molar refractivity (Wildman–Crippen MR) is 69.5 cm³/mol. The minimum absolute atomic E-state index is 0.0584. The van der Waals surface area contributed by atoms with Crippen LogP contribution in [0.5, 0.6) is 0 Å². The maximum Gasteiger partial charge on any atom is 0.255 e. The van der Waals surface area contributed by atoms with E-state index in [-0.39, 0.29) is 18.6 Å². The van der Waals surface area contributed by atoms with Gasteiger partial charge in [0.1, 0.15) is 6.61 Å². The highest BCUT2D eigenvalue weighted by atomic mass is 16.5. The van der Waals surface area contributed by atoms with Crippen molar-refractivity contribution in [3.05, 3.63) is 29.6 Å². The molecule has 1 aromatic heterocycles. The maximum absolute atomic E-state index is 12.3. The maximum atomic E-state index is 12.3. The van der Waals surface area contributed by atoms with E-state index < -0.39 is 0 Å². The minimum atomic E-state index is -0.209. The molecule has 1 N–H and O–H groups in total. The van der Waals surface area contributed by atoms with Crippen molar-refractivity contribution in [1.29, 1.82) is 0 Å². The van der Waals surface area contributed by atoms with Crippen molar-refractivity contribution in [3.63, 3.8) is 0 Å². The molecule has 100 valence electrons. The number of aliphatic hydroxyl groups excluding tert-OH is 1. The van der Waals surface area contributed by atoms with Gasteiger partial charge < -0.3 is 14.7 Å². The first-order valence-corrected chi connectivity index (χ1v) is 6.16. The Kier molecular flexibility index (Phi) is 4.50. The van der Waals surface area contributed by atoms with Crippen molar-refractivity contribution >= 4 is 5.91 Å². The summed E-state index contributed by atoms with van der Waals surface area (Å²) >= 11 is 0. The summed E-state index contributed by atoms with van der Waals surface area (Å²) in [5.74, 6) is 5.22. The Labute approximate surface area is 112 Å². The molecule has 1 aliphatic rings. The van der Waals surface area contributed by atoms with E-state index in [1.165, 1.54) is 6.20 Å². The lowest BCUT2D eigenvalue weighted by atomic mass is 10.1. The highest BCUT2D eigenvalue weighted by Crippen LogP contribution is 2.10. The second-order valence-electron chi connectivity index (χ2n) is 4.35. The Morgan fingerprint density at radius 1 is 1.63 bits per heavy atom. The number of aromatic nitrogens is 1. The van der Waals surface area contributed by atoms with E-state index in [4.69, 9.17) is 9.84 Å². The molecule has 0 saturated carbocycles. The number of rotatable bonds is 1. The van der Waals surface area contributed by atoms with E-state index in [1.807, 2.05) is 6.92 Å². The molecule has 5 nitrogen and oxygen atoms in total. The number of pyridine rings is 1. The number of ether oxygens (including phenoxy) is 1. The number of hydrogen-bond donors (Lipinski definition) is 1. The first kappa shape index (κ1) is 13.5. The zero-order valence-electron chi connectivity index (χ0n) is 10.8. The molecule has 5 heteroatoms. The average Bonchev–Trinajstić information content (AvgIpc) is 2.44. The van der Waals surface area contributed by atoms with Gasteiger partial charge in [0, 0.05) is 31.0 Å². The summed E-state index contributed by atoms with van der Waals surface area (Å²) in [5.41, 5.74) is 1.14. The van der Waals surface area contributed by atoms with Gasteiger partial charge in [-0.05, 0) is 13.0 Å². The molecule has 1 amide bonds. The largest absolute Gasteiger partial charge is 0.384 e. The van der Waals surface area contributed by atoms with E-state index in [0.717, 1.165) is 0 Å². The third-order valence-electron chi connectivity index (χ3n) is 2.83. The monoisotopic (exact) mass is 260 g/mol. The molecule has 0 spiro atoms. The molecule has 2 heterocycles. The van der Waals surface area contributed by atoms with Crippen molar-refractivity contribution in [1.82, 2.24) is 9.88 Å². The fourth-order valence-corrected chi connectivity index (χ4v) is 1.95. The quantitative estimate of drug-likeness (QED) is 0.737. The summed E-state index contributed by atoms with van der Waals surface area (Å²) in [5, 5.41) is 8.66. The van der Waals surface area contributed by atoms with Crippen LogP contribution in [0.15, 0.2) is 18.5 Å². The van der Waals surface area contributed by atoms with E-state index in [0.29, 0.717) is 30.8 Å². The van der Waals surface area contributed by atoms with Gasteiger partial charge in [0.25, 0.3) is 5.91 Å². The second-order valence-corrected chi connectivity index (χ2v) is 4.35. The fourth-order valence-electron chi connectivity index (χ4n) is 1.95. The van der Waals surface area contributed by atoms with E-state index in [2.05, 4.69) is 16.8 Å². The summed E-state index contributed by atoms with van der Waals surface area (Å²) in [7, 11) is 0. The Hall–Kier alpha value is -1.90. The molecule has 1 atom stereocenters. The van der Waals surface area contributed by atoms with Crippen LogP contribution in [0.1, 0.15) is 22.8 Å². The number of carbonyl (C=O) groups excluding carboxylic acids is 1. The number of hydrogen-bond acceptors (Lipinski definition) is 4. The summed E-state index contributed by atoms with van der Waals surface area (Å²) < 4.78 is 5.41. The molecule has 1 unspecified atom stereocenters. The van der Waals surface area contributed by atoms with Crippen LogP contribution >= 0.6 is 0 Å². The third-order valence-corrected chi connectivity index (χ3v) is 2.83. The van der Waals surface area contributed by atoms with Gasteiger partial charge in [-0.1, -0.05) is 11.8 Å². The molecule has 1 fully saturated rings. The van der Waals surface area contributed by atoms with E-state index in [9.17, 15) is 4.79 Å². The van der Waals surface area contributed by atoms with Gasteiger partial charge in [-0.3, -0.25) is 9.78 Å². The Balaban J connectivity index is 2.14. The molecule has 0 aromatic carbocycles. The van der Waals surface area contributed by atoms with Crippen LogP contribution in [0.2, 0.25) is 0 Å². The first-order valence-electron chi connectivity index (χ1n) is 6.16. The SMILES string of the molecule is CC1CN(C(=O)c2cncc(C#CCO)c2)CCO1. The van der Waals surface area contributed by atoms with Crippen LogP contribution in [0.25, 0.3) is 0 Å². The van der Waals surface area contributed by atoms with Gasteiger partial charge in [-0.25, -0.2) is 0 Å². The summed E-state index contributed by atoms with van der Waals surface area (Å²) in [4.78, 5) is 18.1. The molecule has 0 bridgehead atoms. The molecule has 0 radical (unpaired) electrons. The Morgan fingerprint density at radius 2 is 2.47 bits per heavy atom. The van der Waals surface area contributed by atoms with Gasteiger partial charge >= 0.3 is 0 Å². The molecule has 1 aromatic rings.